The third-order valence-corrected chi connectivity index (χ3v) is 8.13. The highest BCUT2D eigenvalue weighted by Gasteiger charge is 2.60. The molecular weight excluding hydrogens is 288 g/mol. The van der Waals surface area contributed by atoms with Crippen LogP contribution in [0.3, 0.4) is 0 Å². The molecule has 23 heavy (non-hydrogen) atoms. The van der Waals surface area contributed by atoms with Crippen molar-refractivity contribution in [2.45, 2.75) is 71.0 Å². The number of methoxy groups -OCH3 is 1. The lowest BCUT2D eigenvalue weighted by atomic mass is 9.47. The van der Waals surface area contributed by atoms with Gasteiger partial charge in [-0.2, -0.15) is 0 Å². The maximum Gasteiger partial charge on any atom is 0.139 e. The second-order valence-electron chi connectivity index (χ2n) is 8.91. The molecule has 3 heteroatoms. The van der Waals surface area contributed by atoms with Crippen LogP contribution < -0.4 is 0 Å². The zero-order valence-corrected chi connectivity index (χ0v) is 14.7. The van der Waals surface area contributed by atoms with Crippen molar-refractivity contribution in [3.8, 4) is 0 Å². The number of carbonyl (C=O) groups is 1. The minimum absolute atomic E-state index is 0.173. The van der Waals surface area contributed by atoms with E-state index in [9.17, 15) is 9.90 Å². The SMILES string of the molecule is CO[C@H]1CC[C@@]2(C)C(=CC(O)[C@@H]3[C@@H]2CC[C@]2(C)C(=O)CC[C@@H]32)C1. The van der Waals surface area contributed by atoms with Gasteiger partial charge in [-0.15, -0.1) is 0 Å². The number of aliphatic hydroxyl groups excluding tert-OH is 1. The Balaban J connectivity index is 1.71. The lowest BCUT2D eigenvalue weighted by molar-refractivity contribution is -0.135. The Bertz CT molecular complexity index is 553. The molecule has 0 aromatic rings. The molecule has 0 bridgehead atoms. The molecule has 4 aliphatic rings. The molecule has 0 saturated heterocycles. The van der Waals surface area contributed by atoms with Crippen molar-refractivity contribution in [2.75, 3.05) is 7.11 Å². The van der Waals surface area contributed by atoms with Gasteiger partial charge in [-0.1, -0.05) is 25.5 Å². The topological polar surface area (TPSA) is 46.5 Å². The van der Waals surface area contributed by atoms with E-state index >= 15 is 0 Å². The molecule has 7 atom stereocenters. The lowest BCUT2D eigenvalue weighted by Crippen LogP contribution is -2.54. The number of fused-ring (bicyclic) bond motifs is 5. The summed E-state index contributed by atoms with van der Waals surface area (Å²) in [4.78, 5) is 12.4. The summed E-state index contributed by atoms with van der Waals surface area (Å²) in [5, 5.41) is 10.9. The van der Waals surface area contributed by atoms with Crippen molar-refractivity contribution in [3.63, 3.8) is 0 Å². The van der Waals surface area contributed by atoms with Crippen molar-refractivity contribution in [2.24, 2.45) is 28.6 Å². The second-order valence-corrected chi connectivity index (χ2v) is 8.91. The highest BCUT2D eigenvalue weighted by molar-refractivity contribution is 5.87. The van der Waals surface area contributed by atoms with Gasteiger partial charge in [0.25, 0.3) is 0 Å². The zero-order valence-electron chi connectivity index (χ0n) is 14.7. The fourth-order valence-electron chi connectivity index (χ4n) is 6.59. The molecule has 3 nitrogen and oxygen atoms in total. The number of carbonyl (C=O) groups excluding carboxylic acids is 1. The van der Waals surface area contributed by atoms with Crippen LogP contribution in [0.15, 0.2) is 11.6 Å². The monoisotopic (exact) mass is 318 g/mol. The van der Waals surface area contributed by atoms with Gasteiger partial charge in [0.1, 0.15) is 5.78 Å². The first-order chi connectivity index (χ1) is 10.9. The Kier molecular flexibility index (Phi) is 3.55. The molecule has 0 aromatic carbocycles. The molecule has 0 aromatic heterocycles. The molecule has 3 fully saturated rings. The summed E-state index contributed by atoms with van der Waals surface area (Å²) in [6.45, 7) is 4.58. The van der Waals surface area contributed by atoms with Crippen molar-refractivity contribution < 1.29 is 14.6 Å². The summed E-state index contributed by atoms with van der Waals surface area (Å²) in [5.41, 5.74) is 1.44. The van der Waals surface area contributed by atoms with E-state index in [-0.39, 0.29) is 22.9 Å². The van der Waals surface area contributed by atoms with Gasteiger partial charge in [0.2, 0.25) is 0 Å². The Morgan fingerprint density at radius 3 is 2.57 bits per heavy atom. The number of hydrogen-bond donors (Lipinski definition) is 1. The maximum atomic E-state index is 12.4. The van der Waals surface area contributed by atoms with Gasteiger partial charge < -0.3 is 9.84 Å². The molecule has 0 heterocycles. The maximum absolute atomic E-state index is 12.4. The quantitative estimate of drug-likeness (QED) is 0.753. The van der Waals surface area contributed by atoms with E-state index in [0.717, 1.165) is 44.9 Å². The Labute approximate surface area is 139 Å². The summed E-state index contributed by atoms with van der Waals surface area (Å²) in [6, 6.07) is 0. The van der Waals surface area contributed by atoms with Gasteiger partial charge in [0.15, 0.2) is 0 Å². The molecule has 0 amide bonds. The summed E-state index contributed by atoms with van der Waals surface area (Å²) < 4.78 is 5.59. The minimum Gasteiger partial charge on any atom is -0.389 e. The molecule has 3 saturated carbocycles. The van der Waals surface area contributed by atoms with Crippen LogP contribution in [-0.4, -0.2) is 30.2 Å². The van der Waals surface area contributed by atoms with Gasteiger partial charge in [0.05, 0.1) is 12.2 Å². The van der Waals surface area contributed by atoms with Crippen LogP contribution in [0.2, 0.25) is 0 Å². The molecule has 0 aliphatic heterocycles. The minimum atomic E-state index is -0.380. The second kappa shape index (κ2) is 5.16. The first kappa shape index (κ1) is 15.8. The normalized spacial score (nSPS) is 52.4. The van der Waals surface area contributed by atoms with Crippen LogP contribution in [0.5, 0.6) is 0 Å². The number of ketones is 1. The number of Topliss-reactive ketones (excluding diaryl/α,β-unsaturated/α-hetero) is 1. The average Bonchev–Trinajstić information content (AvgIpc) is 2.83. The van der Waals surface area contributed by atoms with Crippen LogP contribution in [0.4, 0.5) is 0 Å². The standard InChI is InChI=1S/C20H30O3/c1-19-8-6-13(23-3)10-12(19)11-16(21)18-14-4-5-17(22)20(14,2)9-7-15(18)19/h11,13-16,18,21H,4-10H2,1-3H3/t13-,14-,15-,16?,18-,19-,20-/m0/s1. The van der Waals surface area contributed by atoms with Gasteiger partial charge in [-0.3, -0.25) is 4.79 Å². The van der Waals surface area contributed by atoms with Crippen molar-refractivity contribution in [1.29, 1.82) is 0 Å². The molecule has 0 radical (unpaired) electrons. The lowest BCUT2D eigenvalue weighted by Gasteiger charge is -2.58. The van der Waals surface area contributed by atoms with E-state index in [1.807, 2.05) is 0 Å². The number of hydrogen-bond acceptors (Lipinski definition) is 3. The number of aliphatic hydroxyl groups is 1. The average molecular weight is 318 g/mol. The van der Waals surface area contributed by atoms with Crippen molar-refractivity contribution in [3.05, 3.63) is 11.6 Å². The first-order valence-corrected chi connectivity index (χ1v) is 9.35. The van der Waals surface area contributed by atoms with Gasteiger partial charge in [0, 0.05) is 18.9 Å². The highest BCUT2D eigenvalue weighted by atomic mass is 16.5. The first-order valence-electron chi connectivity index (χ1n) is 9.35. The van der Waals surface area contributed by atoms with Crippen LogP contribution in [0.25, 0.3) is 0 Å². The smallest absolute Gasteiger partial charge is 0.139 e. The third-order valence-electron chi connectivity index (χ3n) is 8.13. The Hall–Kier alpha value is -0.670. The van der Waals surface area contributed by atoms with E-state index in [0.29, 0.717) is 23.7 Å². The predicted octanol–water partition coefficient (Wildman–Crippen LogP) is 3.50. The van der Waals surface area contributed by atoms with Gasteiger partial charge >= 0.3 is 0 Å². The predicted molar refractivity (Wildman–Crippen MR) is 88.9 cm³/mol. The van der Waals surface area contributed by atoms with Crippen molar-refractivity contribution >= 4 is 5.78 Å². The largest absolute Gasteiger partial charge is 0.389 e. The summed E-state index contributed by atoms with van der Waals surface area (Å²) >= 11 is 0. The fraction of sp³-hybridized carbons (Fsp3) is 0.850. The Morgan fingerprint density at radius 2 is 1.83 bits per heavy atom. The zero-order chi connectivity index (χ0) is 16.4. The van der Waals surface area contributed by atoms with Crippen LogP contribution >= 0.6 is 0 Å². The number of rotatable bonds is 1. The highest BCUT2D eigenvalue weighted by Crippen LogP contribution is 2.64. The summed E-state index contributed by atoms with van der Waals surface area (Å²) in [7, 11) is 1.80. The van der Waals surface area contributed by atoms with E-state index in [4.69, 9.17) is 4.74 Å². The van der Waals surface area contributed by atoms with E-state index in [2.05, 4.69) is 19.9 Å². The molecule has 1 N–H and O–H groups in total. The van der Waals surface area contributed by atoms with Gasteiger partial charge in [-0.25, -0.2) is 0 Å². The molecule has 4 rings (SSSR count). The molecule has 4 aliphatic carbocycles. The summed E-state index contributed by atoms with van der Waals surface area (Å²) in [5.74, 6) is 1.61. The molecule has 1 unspecified atom stereocenters. The van der Waals surface area contributed by atoms with E-state index in [1.54, 1.807) is 7.11 Å². The van der Waals surface area contributed by atoms with Crippen LogP contribution in [-0.2, 0) is 9.53 Å². The summed E-state index contributed by atoms with van der Waals surface area (Å²) in [6.07, 6.45) is 9.10. The van der Waals surface area contributed by atoms with Crippen LogP contribution in [0.1, 0.15) is 58.8 Å². The molecular formula is C20H30O3. The van der Waals surface area contributed by atoms with Crippen LogP contribution in [0, 0.1) is 28.6 Å². The van der Waals surface area contributed by atoms with E-state index < -0.39 is 0 Å². The molecule has 0 spiro atoms. The molecule has 128 valence electrons. The fourth-order valence-corrected chi connectivity index (χ4v) is 6.59. The van der Waals surface area contributed by atoms with Gasteiger partial charge in [-0.05, 0) is 61.7 Å². The van der Waals surface area contributed by atoms with E-state index in [1.165, 1.54) is 5.57 Å². The Morgan fingerprint density at radius 1 is 1.13 bits per heavy atom. The van der Waals surface area contributed by atoms with Crippen molar-refractivity contribution in [1.82, 2.24) is 0 Å². The third kappa shape index (κ3) is 2.05. The number of ether oxygens (including phenoxy) is 1.